The van der Waals surface area contributed by atoms with Gasteiger partial charge in [0.25, 0.3) is 11.5 Å². The molecule has 2 amide bonds. The Balaban J connectivity index is 1.55. The monoisotopic (exact) mass is 409 g/mol. The first kappa shape index (κ1) is 21.8. The van der Waals surface area contributed by atoms with Crippen LogP contribution in [0.4, 0.5) is 0 Å². The number of likely N-dealkylation sites (tertiary alicyclic amines) is 1. The van der Waals surface area contributed by atoms with Crippen LogP contribution in [0.5, 0.6) is 0 Å². The van der Waals surface area contributed by atoms with E-state index in [2.05, 4.69) is 5.32 Å². The third-order valence-electron chi connectivity index (χ3n) is 6.13. The Morgan fingerprint density at radius 3 is 2.40 bits per heavy atom. The summed E-state index contributed by atoms with van der Waals surface area (Å²) >= 11 is 0. The molecule has 0 bridgehead atoms. The van der Waals surface area contributed by atoms with Gasteiger partial charge in [-0.25, -0.2) is 0 Å². The number of nitrogens with zero attached hydrogens (tertiary/aromatic N) is 2. The second-order valence-corrected chi connectivity index (χ2v) is 8.35. The number of pyridine rings is 1. The summed E-state index contributed by atoms with van der Waals surface area (Å²) in [7, 11) is 1.69. The number of aromatic nitrogens is 1. The molecule has 1 aromatic heterocycles. The Morgan fingerprint density at radius 2 is 1.77 bits per heavy atom. The van der Waals surface area contributed by atoms with Gasteiger partial charge in [-0.1, -0.05) is 30.3 Å². The smallest absolute Gasteiger partial charge is 0.263 e. The minimum absolute atomic E-state index is 0.0268. The van der Waals surface area contributed by atoms with Crippen molar-refractivity contribution in [3.8, 4) is 0 Å². The lowest BCUT2D eigenvalue weighted by molar-refractivity contribution is -0.122. The SMILES string of the molecule is Cc1cc(C)n(C)c(=O)c1C(=O)N1CCC(CC(=O)NC(C)c2ccccc2)CC1. The molecular weight excluding hydrogens is 378 g/mol. The quantitative estimate of drug-likeness (QED) is 0.825. The lowest BCUT2D eigenvalue weighted by Crippen LogP contribution is -2.42. The number of piperidine rings is 1. The number of carbonyl (C=O) groups is 2. The van der Waals surface area contributed by atoms with Crippen LogP contribution in [-0.2, 0) is 11.8 Å². The van der Waals surface area contributed by atoms with Crippen LogP contribution in [0, 0.1) is 19.8 Å². The van der Waals surface area contributed by atoms with Crippen molar-refractivity contribution in [2.75, 3.05) is 13.1 Å². The van der Waals surface area contributed by atoms with Crippen molar-refractivity contribution in [1.82, 2.24) is 14.8 Å². The van der Waals surface area contributed by atoms with Crippen molar-refractivity contribution in [1.29, 1.82) is 0 Å². The molecule has 0 radical (unpaired) electrons. The summed E-state index contributed by atoms with van der Waals surface area (Å²) in [5.74, 6) is 0.0899. The molecule has 2 heterocycles. The van der Waals surface area contributed by atoms with Crippen molar-refractivity contribution in [2.45, 2.75) is 46.1 Å². The molecule has 0 aliphatic carbocycles. The zero-order valence-electron chi connectivity index (χ0n) is 18.3. The Hall–Kier alpha value is -2.89. The third-order valence-corrected chi connectivity index (χ3v) is 6.13. The van der Waals surface area contributed by atoms with Crippen LogP contribution in [0.3, 0.4) is 0 Å². The van der Waals surface area contributed by atoms with E-state index in [1.54, 1.807) is 11.9 Å². The van der Waals surface area contributed by atoms with Crippen LogP contribution in [0.1, 0.15) is 59.4 Å². The van der Waals surface area contributed by atoms with Crippen LogP contribution >= 0.6 is 0 Å². The average Bonchev–Trinajstić information content (AvgIpc) is 2.73. The summed E-state index contributed by atoms with van der Waals surface area (Å²) in [6.07, 6.45) is 2.00. The maximum Gasteiger partial charge on any atom is 0.263 e. The van der Waals surface area contributed by atoms with Crippen molar-refractivity contribution in [2.24, 2.45) is 13.0 Å². The summed E-state index contributed by atoms with van der Waals surface area (Å²) < 4.78 is 1.52. The van der Waals surface area contributed by atoms with Crippen LogP contribution in [0.15, 0.2) is 41.2 Å². The number of hydrogen-bond donors (Lipinski definition) is 1. The van der Waals surface area contributed by atoms with E-state index in [-0.39, 0.29) is 34.9 Å². The highest BCUT2D eigenvalue weighted by Gasteiger charge is 2.28. The van der Waals surface area contributed by atoms with E-state index in [0.717, 1.165) is 29.7 Å². The molecule has 1 aromatic carbocycles. The zero-order chi connectivity index (χ0) is 21.8. The van der Waals surface area contributed by atoms with E-state index >= 15 is 0 Å². The molecule has 160 valence electrons. The molecule has 1 unspecified atom stereocenters. The van der Waals surface area contributed by atoms with E-state index in [0.29, 0.717) is 19.5 Å². The van der Waals surface area contributed by atoms with Crippen LogP contribution in [0.25, 0.3) is 0 Å². The van der Waals surface area contributed by atoms with E-state index < -0.39 is 0 Å². The number of amides is 2. The standard InChI is InChI=1S/C24H31N3O3/c1-16-14-17(2)26(4)23(29)22(16)24(30)27-12-10-19(11-13-27)15-21(28)25-18(3)20-8-6-5-7-9-20/h5-9,14,18-19H,10-13,15H2,1-4H3,(H,25,28). The fourth-order valence-corrected chi connectivity index (χ4v) is 4.12. The van der Waals surface area contributed by atoms with Gasteiger partial charge in [0.2, 0.25) is 5.91 Å². The molecular formula is C24H31N3O3. The van der Waals surface area contributed by atoms with E-state index in [9.17, 15) is 14.4 Å². The maximum absolute atomic E-state index is 13.0. The summed E-state index contributed by atoms with van der Waals surface area (Å²) in [4.78, 5) is 39.8. The summed E-state index contributed by atoms with van der Waals surface area (Å²) in [5.41, 5.74) is 2.66. The Morgan fingerprint density at radius 1 is 1.13 bits per heavy atom. The molecule has 6 nitrogen and oxygen atoms in total. The largest absolute Gasteiger partial charge is 0.350 e. The maximum atomic E-state index is 13.0. The molecule has 3 rings (SSSR count). The molecule has 1 atom stereocenters. The number of hydrogen-bond acceptors (Lipinski definition) is 3. The Bertz CT molecular complexity index is 973. The fourth-order valence-electron chi connectivity index (χ4n) is 4.12. The normalized spacial score (nSPS) is 15.7. The first-order valence-electron chi connectivity index (χ1n) is 10.6. The number of carbonyl (C=O) groups excluding carboxylic acids is 2. The average molecular weight is 410 g/mol. The molecule has 2 aromatic rings. The van der Waals surface area contributed by atoms with E-state index in [1.807, 2.05) is 57.2 Å². The Kier molecular flexibility index (Phi) is 6.75. The lowest BCUT2D eigenvalue weighted by Gasteiger charge is -2.32. The number of nitrogens with one attached hydrogen (secondary N) is 1. The number of benzene rings is 1. The molecule has 30 heavy (non-hydrogen) atoms. The number of aryl methyl sites for hydroxylation is 2. The molecule has 1 saturated heterocycles. The lowest BCUT2D eigenvalue weighted by atomic mass is 9.92. The van der Waals surface area contributed by atoms with Gasteiger partial charge in [-0.05, 0) is 56.7 Å². The van der Waals surface area contributed by atoms with Crippen LogP contribution in [0.2, 0.25) is 0 Å². The predicted octanol–water partition coefficient (Wildman–Crippen LogP) is 3.12. The van der Waals surface area contributed by atoms with Gasteiger partial charge in [-0.15, -0.1) is 0 Å². The second kappa shape index (κ2) is 9.28. The third kappa shape index (κ3) is 4.81. The highest BCUT2D eigenvalue weighted by molar-refractivity contribution is 5.95. The number of rotatable bonds is 5. The topological polar surface area (TPSA) is 71.4 Å². The van der Waals surface area contributed by atoms with Gasteiger partial charge in [0.1, 0.15) is 5.56 Å². The highest BCUT2D eigenvalue weighted by Crippen LogP contribution is 2.23. The molecule has 6 heteroatoms. The summed E-state index contributed by atoms with van der Waals surface area (Å²) in [6.45, 7) is 6.80. The van der Waals surface area contributed by atoms with Gasteiger partial charge < -0.3 is 14.8 Å². The first-order valence-corrected chi connectivity index (χ1v) is 10.6. The highest BCUT2D eigenvalue weighted by atomic mass is 16.2. The second-order valence-electron chi connectivity index (χ2n) is 8.35. The molecule has 0 spiro atoms. The fraction of sp³-hybridized carbons (Fsp3) is 0.458. The summed E-state index contributed by atoms with van der Waals surface area (Å²) in [6, 6.07) is 11.8. The summed E-state index contributed by atoms with van der Waals surface area (Å²) in [5, 5.41) is 3.07. The molecule has 1 fully saturated rings. The minimum Gasteiger partial charge on any atom is -0.350 e. The van der Waals surface area contributed by atoms with Crippen molar-refractivity contribution in [3.05, 3.63) is 69.1 Å². The molecule has 1 N–H and O–H groups in total. The van der Waals surface area contributed by atoms with E-state index in [1.165, 1.54) is 4.57 Å². The van der Waals surface area contributed by atoms with Crippen molar-refractivity contribution >= 4 is 11.8 Å². The van der Waals surface area contributed by atoms with Gasteiger partial charge in [-0.2, -0.15) is 0 Å². The van der Waals surface area contributed by atoms with Crippen molar-refractivity contribution in [3.63, 3.8) is 0 Å². The van der Waals surface area contributed by atoms with Crippen molar-refractivity contribution < 1.29 is 9.59 Å². The Labute approximate surface area is 177 Å². The first-order chi connectivity index (χ1) is 14.3. The molecule has 1 aliphatic rings. The van der Waals surface area contributed by atoms with Gasteiger partial charge in [0.15, 0.2) is 0 Å². The minimum atomic E-state index is -0.242. The van der Waals surface area contributed by atoms with Gasteiger partial charge in [0.05, 0.1) is 6.04 Å². The zero-order valence-corrected chi connectivity index (χ0v) is 18.3. The van der Waals surface area contributed by atoms with Crippen LogP contribution in [-0.4, -0.2) is 34.4 Å². The van der Waals surface area contributed by atoms with E-state index in [4.69, 9.17) is 0 Å². The van der Waals surface area contributed by atoms with Gasteiger partial charge in [-0.3, -0.25) is 14.4 Å². The molecule has 0 saturated carbocycles. The van der Waals surface area contributed by atoms with Crippen LogP contribution < -0.4 is 10.9 Å². The van der Waals surface area contributed by atoms with Gasteiger partial charge >= 0.3 is 0 Å². The molecule has 1 aliphatic heterocycles. The van der Waals surface area contributed by atoms with Gasteiger partial charge in [0, 0.05) is 32.3 Å². The predicted molar refractivity (Wildman–Crippen MR) is 117 cm³/mol.